The Kier molecular flexibility index (Phi) is 2.32. The zero-order chi connectivity index (χ0) is 10.1. The lowest BCUT2D eigenvalue weighted by molar-refractivity contribution is 0.301. The first-order chi connectivity index (χ1) is 6.68. The quantitative estimate of drug-likeness (QED) is 0.682. The molecule has 0 spiro atoms. The molecule has 0 unspecified atom stereocenters. The standard InChI is InChI=1S/C11H14FNO/c1-8(2)13-5-6-14-11-7-9(12)3-4-10(11)13/h3-4,7-8H,5-6H2,1-2H3. The van der Waals surface area contributed by atoms with Crippen molar-refractivity contribution >= 4 is 5.69 Å². The van der Waals surface area contributed by atoms with Crippen molar-refractivity contribution in [3.63, 3.8) is 0 Å². The Morgan fingerprint density at radius 1 is 1.43 bits per heavy atom. The third-order valence-corrected chi connectivity index (χ3v) is 2.44. The minimum absolute atomic E-state index is 0.241. The van der Waals surface area contributed by atoms with Gasteiger partial charge in [0.2, 0.25) is 0 Å². The summed E-state index contributed by atoms with van der Waals surface area (Å²) < 4.78 is 18.3. The van der Waals surface area contributed by atoms with Crippen LogP contribution in [0, 0.1) is 5.82 Å². The van der Waals surface area contributed by atoms with Crippen molar-refractivity contribution in [1.29, 1.82) is 0 Å². The molecular weight excluding hydrogens is 181 g/mol. The predicted molar refractivity (Wildman–Crippen MR) is 54.4 cm³/mol. The smallest absolute Gasteiger partial charge is 0.145 e. The molecule has 76 valence electrons. The van der Waals surface area contributed by atoms with E-state index in [-0.39, 0.29) is 5.82 Å². The molecule has 1 aromatic rings. The van der Waals surface area contributed by atoms with Crippen LogP contribution >= 0.6 is 0 Å². The van der Waals surface area contributed by atoms with Gasteiger partial charge in [0.05, 0.1) is 12.2 Å². The summed E-state index contributed by atoms with van der Waals surface area (Å²) in [5.41, 5.74) is 0.993. The fraction of sp³-hybridized carbons (Fsp3) is 0.455. The van der Waals surface area contributed by atoms with Crippen molar-refractivity contribution in [2.75, 3.05) is 18.1 Å². The van der Waals surface area contributed by atoms with Gasteiger partial charge in [-0.2, -0.15) is 0 Å². The van der Waals surface area contributed by atoms with Crippen LogP contribution in [0.1, 0.15) is 13.8 Å². The molecule has 0 amide bonds. The summed E-state index contributed by atoms with van der Waals surface area (Å²) in [5.74, 6) is 0.416. The van der Waals surface area contributed by atoms with E-state index in [9.17, 15) is 4.39 Å². The van der Waals surface area contributed by atoms with E-state index in [1.54, 1.807) is 6.07 Å². The lowest BCUT2D eigenvalue weighted by Gasteiger charge is -2.34. The van der Waals surface area contributed by atoms with Gasteiger partial charge in [-0.3, -0.25) is 0 Å². The van der Waals surface area contributed by atoms with Crippen molar-refractivity contribution in [3.8, 4) is 5.75 Å². The first-order valence-corrected chi connectivity index (χ1v) is 4.87. The van der Waals surface area contributed by atoms with Gasteiger partial charge in [-0.15, -0.1) is 0 Å². The Bertz CT molecular complexity index is 338. The maximum absolute atomic E-state index is 12.9. The van der Waals surface area contributed by atoms with Crippen LogP contribution in [-0.4, -0.2) is 19.2 Å². The van der Waals surface area contributed by atoms with Crippen molar-refractivity contribution < 1.29 is 9.13 Å². The average Bonchev–Trinajstić information content (AvgIpc) is 2.16. The third-order valence-electron chi connectivity index (χ3n) is 2.44. The van der Waals surface area contributed by atoms with E-state index in [1.807, 2.05) is 0 Å². The Hall–Kier alpha value is -1.25. The Balaban J connectivity index is 2.40. The highest BCUT2D eigenvalue weighted by atomic mass is 19.1. The van der Waals surface area contributed by atoms with E-state index in [1.165, 1.54) is 12.1 Å². The molecule has 2 rings (SSSR count). The summed E-state index contributed by atoms with van der Waals surface area (Å²) >= 11 is 0. The number of fused-ring (bicyclic) bond motifs is 1. The van der Waals surface area contributed by atoms with Crippen molar-refractivity contribution in [3.05, 3.63) is 24.0 Å². The van der Waals surface area contributed by atoms with Gasteiger partial charge in [-0.05, 0) is 26.0 Å². The van der Waals surface area contributed by atoms with Crippen LogP contribution in [0.25, 0.3) is 0 Å². The molecule has 0 bridgehead atoms. The number of hydrogen-bond acceptors (Lipinski definition) is 2. The van der Waals surface area contributed by atoms with Gasteiger partial charge in [0.1, 0.15) is 18.2 Å². The lowest BCUT2D eigenvalue weighted by Crippen LogP contribution is -2.37. The van der Waals surface area contributed by atoms with E-state index >= 15 is 0 Å². The van der Waals surface area contributed by atoms with Crippen LogP contribution < -0.4 is 9.64 Å². The summed E-state index contributed by atoms with van der Waals surface area (Å²) in [5, 5.41) is 0. The fourth-order valence-electron chi connectivity index (χ4n) is 1.75. The fourth-order valence-corrected chi connectivity index (χ4v) is 1.75. The zero-order valence-corrected chi connectivity index (χ0v) is 8.46. The number of ether oxygens (including phenoxy) is 1. The highest BCUT2D eigenvalue weighted by Gasteiger charge is 2.20. The normalized spacial score (nSPS) is 15.3. The highest BCUT2D eigenvalue weighted by Crippen LogP contribution is 2.33. The molecule has 2 nitrogen and oxygen atoms in total. The van der Waals surface area contributed by atoms with Gasteiger partial charge in [0.15, 0.2) is 0 Å². The summed E-state index contributed by atoms with van der Waals surface area (Å²) in [4.78, 5) is 2.22. The van der Waals surface area contributed by atoms with Gasteiger partial charge < -0.3 is 9.64 Å². The largest absolute Gasteiger partial charge is 0.489 e. The summed E-state index contributed by atoms with van der Waals surface area (Å²) in [7, 11) is 0. The molecule has 0 saturated carbocycles. The molecule has 0 fully saturated rings. The molecule has 0 N–H and O–H groups in total. The number of hydrogen-bond donors (Lipinski definition) is 0. The predicted octanol–water partition coefficient (Wildman–Crippen LogP) is 2.43. The molecule has 3 heteroatoms. The van der Waals surface area contributed by atoms with Gasteiger partial charge in [-0.25, -0.2) is 4.39 Å². The summed E-state index contributed by atoms with van der Waals surface area (Å²) in [6, 6.07) is 5.12. The van der Waals surface area contributed by atoms with Crippen molar-refractivity contribution in [2.45, 2.75) is 19.9 Å². The maximum Gasteiger partial charge on any atom is 0.145 e. The highest BCUT2D eigenvalue weighted by molar-refractivity contribution is 5.60. The molecule has 0 saturated heterocycles. The van der Waals surface area contributed by atoms with Crippen LogP contribution in [0.15, 0.2) is 18.2 Å². The van der Waals surface area contributed by atoms with Gasteiger partial charge >= 0.3 is 0 Å². The van der Waals surface area contributed by atoms with Crippen molar-refractivity contribution in [1.82, 2.24) is 0 Å². The van der Waals surface area contributed by atoms with Gasteiger partial charge in [-0.1, -0.05) is 0 Å². The van der Waals surface area contributed by atoms with E-state index in [2.05, 4.69) is 18.7 Å². The van der Waals surface area contributed by atoms with E-state index < -0.39 is 0 Å². The molecule has 14 heavy (non-hydrogen) atoms. The van der Waals surface area contributed by atoms with Crippen LogP contribution in [0.4, 0.5) is 10.1 Å². The minimum Gasteiger partial charge on any atom is -0.489 e. The number of benzene rings is 1. The maximum atomic E-state index is 12.9. The second-order valence-electron chi connectivity index (χ2n) is 3.75. The van der Waals surface area contributed by atoms with Crippen LogP contribution in [0.2, 0.25) is 0 Å². The minimum atomic E-state index is -0.241. The van der Waals surface area contributed by atoms with E-state index in [0.717, 1.165) is 12.2 Å². The number of anilines is 1. The summed E-state index contributed by atoms with van der Waals surface area (Å²) in [6.07, 6.45) is 0. The van der Waals surface area contributed by atoms with Crippen LogP contribution in [-0.2, 0) is 0 Å². The average molecular weight is 195 g/mol. The summed E-state index contributed by atoms with van der Waals surface area (Å²) in [6.45, 7) is 5.75. The number of rotatable bonds is 1. The van der Waals surface area contributed by atoms with Crippen LogP contribution in [0.5, 0.6) is 5.75 Å². The molecular formula is C11H14FNO. The molecule has 0 aromatic heterocycles. The zero-order valence-electron chi connectivity index (χ0n) is 8.46. The molecule has 0 radical (unpaired) electrons. The van der Waals surface area contributed by atoms with Crippen molar-refractivity contribution in [2.24, 2.45) is 0 Å². The lowest BCUT2D eigenvalue weighted by atomic mass is 10.2. The van der Waals surface area contributed by atoms with Crippen LogP contribution in [0.3, 0.4) is 0 Å². The SMILES string of the molecule is CC(C)N1CCOc2cc(F)ccc21. The molecule has 0 aliphatic carbocycles. The molecule has 1 heterocycles. The Morgan fingerprint density at radius 3 is 2.93 bits per heavy atom. The first kappa shape index (κ1) is 9.31. The monoisotopic (exact) mass is 195 g/mol. The Labute approximate surface area is 83.3 Å². The number of halogens is 1. The molecule has 1 aromatic carbocycles. The molecule has 1 aliphatic heterocycles. The van der Waals surface area contributed by atoms with Gasteiger partial charge in [0, 0.05) is 12.1 Å². The second kappa shape index (κ2) is 3.48. The molecule has 1 aliphatic rings. The van der Waals surface area contributed by atoms with Gasteiger partial charge in [0.25, 0.3) is 0 Å². The Morgan fingerprint density at radius 2 is 2.21 bits per heavy atom. The third kappa shape index (κ3) is 1.54. The topological polar surface area (TPSA) is 12.5 Å². The van der Waals surface area contributed by atoms with E-state index in [4.69, 9.17) is 4.74 Å². The first-order valence-electron chi connectivity index (χ1n) is 4.87. The second-order valence-corrected chi connectivity index (χ2v) is 3.75. The number of nitrogens with zero attached hydrogens (tertiary/aromatic N) is 1. The molecule has 0 atom stereocenters. The van der Waals surface area contributed by atoms with E-state index in [0.29, 0.717) is 18.4 Å².